The predicted molar refractivity (Wildman–Crippen MR) is 110 cm³/mol. The van der Waals surface area contributed by atoms with Gasteiger partial charge >= 0.3 is 5.97 Å². The minimum Gasteiger partial charge on any atom is -0.478 e. The van der Waals surface area contributed by atoms with Gasteiger partial charge in [0.15, 0.2) is 0 Å². The van der Waals surface area contributed by atoms with E-state index in [1.54, 1.807) is 7.11 Å². The van der Waals surface area contributed by atoms with E-state index in [9.17, 15) is 23.5 Å². The molecule has 0 spiro atoms. The van der Waals surface area contributed by atoms with E-state index in [-0.39, 0.29) is 18.8 Å². The van der Waals surface area contributed by atoms with Crippen molar-refractivity contribution in [3.05, 3.63) is 56.4 Å². The van der Waals surface area contributed by atoms with Crippen LogP contribution >= 0.6 is 15.9 Å². The molecule has 0 atom stereocenters. The summed E-state index contributed by atoms with van der Waals surface area (Å²) in [6, 6.07) is 4.58. The maximum atomic E-state index is 14.4. The second-order valence-corrected chi connectivity index (χ2v) is 7.29. The van der Waals surface area contributed by atoms with Crippen LogP contribution in [0, 0.1) is 11.6 Å². The molecule has 1 heterocycles. The highest BCUT2D eigenvalue weighted by molar-refractivity contribution is 9.10. The number of ether oxygens (including phenoxy) is 1. The minimum atomic E-state index is -1.46. The number of aromatic carboxylic acids is 1. The molecule has 0 amide bonds. The monoisotopic (exact) mass is 489 g/mol. The largest absolute Gasteiger partial charge is 0.478 e. The molecule has 11 heteroatoms. The smallest absolute Gasteiger partial charge is 0.339 e. The molecule has 3 N–H and O–H groups in total. The highest BCUT2D eigenvalue weighted by Gasteiger charge is 2.21. The molecule has 1 aliphatic carbocycles. The maximum absolute atomic E-state index is 14.4. The molecule has 0 saturated heterocycles. The van der Waals surface area contributed by atoms with Crippen molar-refractivity contribution in [3.63, 3.8) is 0 Å². The number of nitrogens with one attached hydrogen (secondary N) is 2. The van der Waals surface area contributed by atoms with Gasteiger partial charge in [-0.2, -0.15) is 9.87 Å². The van der Waals surface area contributed by atoms with Crippen molar-refractivity contribution < 1.29 is 28.3 Å². The number of carboxylic acid groups (broad SMARTS) is 1. The maximum Gasteiger partial charge on any atom is 0.339 e. The number of halogens is 3. The molecule has 2 aromatic rings. The van der Waals surface area contributed by atoms with E-state index in [0.717, 1.165) is 16.8 Å². The van der Waals surface area contributed by atoms with Crippen LogP contribution in [0.5, 0.6) is 0 Å². The topological polar surface area (TPSA) is 102 Å². The molecule has 1 aromatic heterocycles. The van der Waals surface area contributed by atoms with Crippen LogP contribution in [0.25, 0.3) is 0 Å². The molecule has 0 aliphatic heterocycles. The standard InChI is InChI=1S/C15H13BrF2N2O4.C4H9NO/c1-24-5-4-20-7-9(15(22)23)13(12(18)14(20)21)19-11-3-2-8(16)6-10(11)17;1-6-5-4-2-3-4/h2-3,6-7,19H,4-5H2,1H3,(H,22,23);4-5H,2-3H2,1H3. The van der Waals surface area contributed by atoms with Crippen LogP contribution in [-0.2, 0) is 16.1 Å². The summed E-state index contributed by atoms with van der Waals surface area (Å²) in [4.78, 5) is 28.0. The number of nitrogens with zero attached hydrogens (tertiary/aromatic N) is 1. The van der Waals surface area contributed by atoms with E-state index in [1.165, 1.54) is 32.1 Å². The molecule has 0 radical (unpaired) electrons. The van der Waals surface area contributed by atoms with Gasteiger partial charge in [0.25, 0.3) is 5.56 Å². The zero-order valence-corrected chi connectivity index (χ0v) is 18.0. The summed E-state index contributed by atoms with van der Waals surface area (Å²) in [7, 11) is 3.05. The fraction of sp³-hybridized carbons (Fsp3) is 0.368. The van der Waals surface area contributed by atoms with Gasteiger partial charge in [0.05, 0.1) is 25.1 Å². The molecular weight excluding hydrogens is 468 g/mol. The van der Waals surface area contributed by atoms with Gasteiger partial charge in [-0.3, -0.25) is 4.79 Å². The Kier molecular flexibility index (Phi) is 8.90. The number of methoxy groups -OCH3 is 1. The number of aromatic nitrogens is 1. The number of hydroxylamine groups is 1. The van der Waals surface area contributed by atoms with Crippen LogP contribution in [0.3, 0.4) is 0 Å². The van der Waals surface area contributed by atoms with Gasteiger partial charge in [-0.05, 0) is 31.0 Å². The Balaban J connectivity index is 0.000000456. The summed E-state index contributed by atoms with van der Waals surface area (Å²) in [5.41, 5.74) is 0.540. The zero-order valence-electron chi connectivity index (χ0n) is 16.4. The highest BCUT2D eigenvalue weighted by Crippen LogP contribution is 2.26. The van der Waals surface area contributed by atoms with Gasteiger partial charge in [-0.15, -0.1) is 0 Å². The molecule has 0 unspecified atom stereocenters. The van der Waals surface area contributed by atoms with Crippen LogP contribution in [0.1, 0.15) is 23.2 Å². The lowest BCUT2D eigenvalue weighted by Crippen LogP contribution is -2.27. The molecule has 3 rings (SSSR count). The minimum absolute atomic E-state index is 0.0144. The van der Waals surface area contributed by atoms with Crippen LogP contribution in [-0.4, -0.2) is 42.5 Å². The molecular formula is C19H22BrF2N3O5. The number of anilines is 2. The van der Waals surface area contributed by atoms with Gasteiger partial charge < -0.3 is 24.6 Å². The normalized spacial score (nSPS) is 12.8. The van der Waals surface area contributed by atoms with Gasteiger partial charge in [0.2, 0.25) is 5.82 Å². The van der Waals surface area contributed by atoms with Gasteiger partial charge in [-0.25, -0.2) is 9.18 Å². The van der Waals surface area contributed by atoms with Crippen molar-refractivity contribution in [3.8, 4) is 0 Å². The predicted octanol–water partition coefficient (Wildman–Crippen LogP) is 3.28. The van der Waals surface area contributed by atoms with Crippen molar-refractivity contribution in [2.24, 2.45) is 0 Å². The first-order chi connectivity index (χ1) is 14.3. The quantitative estimate of drug-likeness (QED) is 0.489. The Morgan fingerprint density at radius 1 is 1.33 bits per heavy atom. The lowest BCUT2D eigenvalue weighted by atomic mass is 10.2. The van der Waals surface area contributed by atoms with Crippen molar-refractivity contribution in [1.82, 2.24) is 10.0 Å². The third kappa shape index (κ3) is 6.59. The number of pyridine rings is 1. The number of hydrogen-bond acceptors (Lipinski definition) is 6. The molecule has 1 fully saturated rings. The summed E-state index contributed by atoms with van der Waals surface area (Å²) in [5, 5.41) is 11.6. The second kappa shape index (κ2) is 11.2. The molecule has 8 nitrogen and oxygen atoms in total. The summed E-state index contributed by atoms with van der Waals surface area (Å²) in [6.07, 6.45) is 3.56. The Bertz CT molecular complexity index is 950. The molecule has 1 aliphatic rings. The van der Waals surface area contributed by atoms with Crippen molar-refractivity contribution in [2.45, 2.75) is 25.4 Å². The van der Waals surface area contributed by atoms with Crippen LogP contribution < -0.4 is 16.4 Å². The Hall–Kier alpha value is -2.34. The van der Waals surface area contributed by atoms with Gasteiger partial charge in [0.1, 0.15) is 11.4 Å². The zero-order chi connectivity index (χ0) is 22.3. The van der Waals surface area contributed by atoms with Crippen molar-refractivity contribution >= 4 is 33.3 Å². The number of carboxylic acids is 1. The Labute approximate surface area is 179 Å². The van der Waals surface area contributed by atoms with E-state index in [4.69, 9.17) is 4.74 Å². The van der Waals surface area contributed by atoms with Crippen LogP contribution in [0.4, 0.5) is 20.2 Å². The van der Waals surface area contributed by atoms with Crippen LogP contribution in [0.15, 0.2) is 33.7 Å². The van der Waals surface area contributed by atoms with E-state index < -0.39 is 34.4 Å². The number of carbonyl (C=O) groups is 1. The van der Waals surface area contributed by atoms with Crippen LogP contribution in [0.2, 0.25) is 0 Å². The molecule has 1 saturated carbocycles. The third-order valence-corrected chi connectivity index (χ3v) is 4.54. The molecule has 164 valence electrons. The van der Waals surface area contributed by atoms with E-state index >= 15 is 0 Å². The van der Waals surface area contributed by atoms with Crippen molar-refractivity contribution in [1.29, 1.82) is 0 Å². The van der Waals surface area contributed by atoms with Gasteiger partial charge in [0, 0.05) is 30.4 Å². The molecule has 0 bridgehead atoms. The van der Waals surface area contributed by atoms with Crippen molar-refractivity contribution in [2.75, 3.05) is 26.1 Å². The SMILES string of the molecule is COCCn1cc(C(=O)O)c(Nc2ccc(Br)cc2F)c(F)c1=O.CONC1CC1. The number of hydrogen-bond donors (Lipinski definition) is 3. The molecule has 1 aromatic carbocycles. The van der Waals surface area contributed by atoms with Gasteiger partial charge in [-0.1, -0.05) is 15.9 Å². The highest BCUT2D eigenvalue weighted by atomic mass is 79.9. The average Bonchev–Trinajstić information content (AvgIpc) is 3.51. The first-order valence-corrected chi connectivity index (χ1v) is 9.73. The number of rotatable bonds is 8. The van der Waals surface area contributed by atoms with E-state index in [1.807, 2.05) is 0 Å². The first-order valence-electron chi connectivity index (χ1n) is 8.94. The average molecular weight is 490 g/mol. The second-order valence-electron chi connectivity index (χ2n) is 6.37. The summed E-state index contributed by atoms with van der Waals surface area (Å²) >= 11 is 3.08. The summed E-state index contributed by atoms with van der Waals surface area (Å²) in [5.74, 6) is -3.50. The lowest BCUT2D eigenvalue weighted by Gasteiger charge is -2.14. The fourth-order valence-corrected chi connectivity index (χ4v) is 2.70. The fourth-order valence-electron chi connectivity index (χ4n) is 2.36. The van der Waals surface area contributed by atoms with E-state index in [2.05, 4.69) is 31.6 Å². The number of benzene rings is 1. The third-order valence-electron chi connectivity index (χ3n) is 4.04. The first kappa shape index (κ1) is 23.9. The van der Waals surface area contributed by atoms with E-state index in [0.29, 0.717) is 10.5 Å². The molecule has 30 heavy (non-hydrogen) atoms. The lowest BCUT2D eigenvalue weighted by molar-refractivity contribution is 0.0696. The Morgan fingerprint density at radius 2 is 2.03 bits per heavy atom. The Morgan fingerprint density at radius 3 is 2.53 bits per heavy atom. The summed E-state index contributed by atoms with van der Waals surface area (Å²) in [6.45, 7) is 0.0893. The summed E-state index contributed by atoms with van der Waals surface area (Å²) < 4.78 is 34.4.